The van der Waals surface area contributed by atoms with Crippen molar-refractivity contribution in [2.45, 2.75) is 24.3 Å². The molecule has 2 nitrogen and oxygen atoms in total. The van der Waals surface area contributed by atoms with Crippen molar-refractivity contribution in [1.82, 2.24) is 0 Å². The molecule has 0 atom stereocenters. The number of nitrogens with zero attached hydrogens (tertiary/aromatic N) is 1. The summed E-state index contributed by atoms with van der Waals surface area (Å²) < 4.78 is 0. The van der Waals surface area contributed by atoms with Crippen LogP contribution in [0.4, 0.5) is 0 Å². The summed E-state index contributed by atoms with van der Waals surface area (Å²) in [6, 6.07) is 6.33. The van der Waals surface area contributed by atoms with E-state index in [1.807, 2.05) is 17.8 Å². The van der Waals surface area contributed by atoms with Crippen LogP contribution in [0.3, 0.4) is 0 Å². The van der Waals surface area contributed by atoms with Crippen molar-refractivity contribution < 1.29 is 4.79 Å². The van der Waals surface area contributed by atoms with Gasteiger partial charge in [-0.1, -0.05) is 12.1 Å². The number of hydrogen-bond acceptors (Lipinski definition) is 3. The predicted molar refractivity (Wildman–Crippen MR) is 57.3 cm³/mol. The minimum atomic E-state index is 0.460. The Kier molecular flexibility index (Phi) is 3.02. The molecular weight excluding hydrogens is 194 g/mol. The van der Waals surface area contributed by atoms with Crippen LogP contribution in [0.5, 0.6) is 0 Å². The first-order valence-electron chi connectivity index (χ1n) is 4.68. The number of fused-ring (bicyclic) bond motifs is 1. The van der Waals surface area contributed by atoms with Gasteiger partial charge in [0.25, 0.3) is 0 Å². The van der Waals surface area contributed by atoms with E-state index in [0.29, 0.717) is 6.54 Å². The number of carbonyl (C=O) groups excluding carboxylic acids is 1. The van der Waals surface area contributed by atoms with Gasteiger partial charge in [-0.25, -0.2) is 9.79 Å². The molecule has 0 saturated heterocycles. The highest BCUT2D eigenvalue weighted by atomic mass is 32.2. The van der Waals surface area contributed by atoms with Crippen LogP contribution < -0.4 is 0 Å². The number of isocyanates is 1. The Morgan fingerprint density at radius 2 is 2.43 bits per heavy atom. The Morgan fingerprint density at radius 3 is 3.29 bits per heavy atom. The lowest BCUT2D eigenvalue weighted by Gasteiger charge is -2.15. The summed E-state index contributed by atoms with van der Waals surface area (Å²) in [6.07, 6.45) is 3.97. The molecule has 0 amide bonds. The Bertz CT molecular complexity index is 383. The highest BCUT2D eigenvalue weighted by molar-refractivity contribution is 7.99. The van der Waals surface area contributed by atoms with E-state index in [9.17, 15) is 4.79 Å². The molecule has 0 aliphatic carbocycles. The predicted octanol–water partition coefficient (Wildman–Crippen LogP) is 2.56. The first-order chi connectivity index (χ1) is 6.90. The third kappa shape index (κ3) is 2.06. The van der Waals surface area contributed by atoms with Gasteiger partial charge in [0, 0.05) is 4.90 Å². The topological polar surface area (TPSA) is 29.4 Å². The molecule has 0 spiro atoms. The van der Waals surface area contributed by atoms with Crippen LogP contribution in [0, 0.1) is 0 Å². The fourth-order valence-electron chi connectivity index (χ4n) is 1.64. The molecule has 1 aliphatic rings. The monoisotopic (exact) mass is 205 g/mol. The molecule has 72 valence electrons. The first kappa shape index (κ1) is 9.50. The number of benzene rings is 1. The molecule has 0 unspecified atom stereocenters. The molecule has 0 aromatic heterocycles. The van der Waals surface area contributed by atoms with E-state index >= 15 is 0 Å². The second kappa shape index (κ2) is 4.45. The minimum Gasteiger partial charge on any atom is -0.211 e. The first-order valence-corrected chi connectivity index (χ1v) is 5.67. The lowest BCUT2D eigenvalue weighted by atomic mass is 10.1. The van der Waals surface area contributed by atoms with Gasteiger partial charge in [0.15, 0.2) is 0 Å². The van der Waals surface area contributed by atoms with Crippen LogP contribution in [0.25, 0.3) is 0 Å². The second-order valence-electron chi connectivity index (χ2n) is 3.30. The maximum absolute atomic E-state index is 9.97. The summed E-state index contributed by atoms with van der Waals surface area (Å²) in [4.78, 5) is 14.9. The number of hydrogen-bond donors (Lipinski definition) is 0. The third-order valence-corrected chi connectivity index (χ3v) is 3.50. The van der Waals surface area contributed by atoms with Gasteiger partial charge in [-0.05, 0) is 35.8 Å². The summed E-state index contributed by atoms with van der Waals surface area (Å²) >= 11 is 1.91. The van der Waals surface area contributed by atoms with Gasteiger partial charge in [0.05, 0.1) is 6.54 Å². The van der Waals surface area contributed by atoms with E-state index in [2.05, 4.69) is 17.1 Å². The standard InChI is InChI=1S/C11H11NOS/c13-8-12-7-9-3-4-11-10(6-9)2-1-5-14-11/h3-4,6H,1-2,5,7H2. The van der Waals surface area contributed by atoms with Crippen LogP contribution in [0.2, 0.25) is 0 Å². The largest absolute Gasteiger partial charge is 0.235 e. The van der Waals surface area contributed by atoms with Gasteiger partial charge in [-0.15, -0.1) is 11.8 Å². The zero-order valence-electron chi connectivity index (χ0n) is 7.82. The van der Waals surface area contributed by atoms with Gasteiger partial charge < -0.3 is 0 Å². The molecule has 0 bridgehead atoms. The summed E-state index contributed by atoms with van der Waals surface area (Å²) in [6.45, 7) is 0.460. The van der Waals surface area contributed by atoms with Crippen molar-refractivity contribution in [3.05, 3.63) is 29.3 Å². The van der Waals surface area contributed by atoms with Crippen LogP contribution in [-0.4, -0.2) is 11.8 Å². The number of aryl methyl sites for hydroxylation is 1. The zero-order chi connectivity index (χ0) is 9.80. The fourth-order valence-corrected chi connectivity index (χ4v) is 2.65. The smallest absolute Gasteiger partial charge is 0.211 e. The highest BCUT2D eigenvalue weighted by Gasteiger charge is 2.09. The van der Waals surface area contributed by atoms with Crippen LogP contribution in [0.15, 0.2) is 28.1 Å². The Hall–Kier alpha value is -1.05. The fraction of sp³-hybridized carbons (Fsp3) is 0.364. The number of aliphatic imine (C=N–C) groups is 1. The van der Waals surface area contributed by atoms with Gasteiger partial charge in [-0.2, -0.15) is 0 Å². The lowest BCUT2D eigenvalue weighted by molar-refractivity contribution is 0.563. The van der Waals surface area contributed by atoms with E-state index in [-0.39, 0.29) is 0 Å². The molecule has 0 radical (unpaired) electrons. The number of rotatable bonds is 2. The van der Waals surface area contributed by atoms with Crippen molar-refractivity contribution in [2.75, 3.05) is 5.75 Å². The van der Waals surface area contributed by atoms with E-state index < -0.39 is 0 Å². The van der Waals surface area contributed by atoms with Crippen molar-refractivity contribution in [1.29, 1.82) is 0 Å². The van der Waals surface area contributed by atoms with E-state index in [0.717, 1.165) is 12.0 Å². The molecule has 1 aromatic rings. The summed E-state index contributed by atoms with van der Waals surface area (Å²) in [5, 5.41) is 0. The average Bonchev–Trinajstić information content (AvgIpc) is 2.26. The Balaban J connectivity index is 2.24. The molecule has 14 heavy (non-hydrogen) atoms. The highest BCUT2D eigenvalue weighted by Crippen LogP contribution is 2.30. The van der Waals surface area contributed by atoms with E-state index in [1.54, 1.807) is 6.08 Å². The van der Waals surface area contributed by atoms with Crippen molar-refractivity contribution in [3.8, 4) is 0 Å². The van der Waals surface area contributed by atoms with Crippen molar-refractivity contribution in [2.24, 2.45) is 4.99 Å². The SMILES string of the molecule is O=C=NCc1ccc2c(c1)CCCS2. The Morgan fingerprint density at radius 1 is 1.50 bits per heavy atom. The molecule has 0 N–H and O–H groups in total. The maximum atomic E-state index is 9.97. The van der Waals surface area contributed by atoms with Gasteiger partial charge in [-0.3, -0.25) is 0 Å². The summed E-state index contributed by atoms with van der Waals surface area (Å²) in [7, 11) is 0. The van der Waals surface area contributed by atoms with Gasteiger partial charge in [0.1, 0.15) is 0 Å². The van der Waals surface area contributed by atoms with Crippen molar-refractivity contribution >= 4 is 17.8 Å². The molecule has 0 saturated carbocycles. The molecule has 3 heteroatoms. The zero-order valence-corrected chi connectivity index (χ0v) is 8.64. The summed E-state index contributed by atoms with van der Waals surface area (Å²) in [5.41, 5.74) is 2.51. The molecule has 1 aliphatic heterocycles. The Labute approximate surface area is 87.4 Å². The lowest BCUT2D eigenvalue weighted by Crippen LogP contribution is -1.99. The minimum absolute atomic E-state index is 0.460. The average molecular weight is 205 g/mol. The maximum Gasteiger partial charge on any atom is 0.235 e. The molecule has 2 rings (SSSR count). The normalized spacial score (nSPS) is 14.3. The summed E-state index contributed by atoms with van der Waals surface area (Å²) in [5.74, 6) is 1.22. The number of thioether (sulfide) groups is 1. The van der Waals surface area contributed by atoms with E-state index in [1.165, 1.54) is 22.6 Å². The van der Waals surface area contributed by atoms with E-state index in [4.69, 9.17) is 0 Å². The molecule has 0 fully saturated rings. The molecular formula is C11H11NOS. The van der Waals surface area contributed by atoms with Crippen LogP contribution in [-0.2, 0) is 17.8 Å². The molecule has 1 heterocycles. The van der Waals surface area contributed by atoms with Crippen molar-refractivity contribution in [3.63, 3.8) is 0 Å². The quantitative estimate of drug-likeness (QED) is 0.548. The second-order valence-corrected chi connectivity index (χ2v) is 4.44. The van der Waals surface area contributed by atoms with Crippen LogP contribution >= 0.6 is 11.8 Å². The van der Waals surface area contributed by atoms with Crippen LogP contribution in [0.1, 0.15) is 17.5 Å². The third-order valence-electron chi connectivity index (χ3n) is 2.30. The van der Waals surface area contributed by atoms with Gasteiger partial charge >= 0.3 is 0 Å². The molecule has 1 aromatic carbocycles. The van der Waals surface area contributed by atoms with Gasteiger partial charge in [0.2, 0.25) is 6.08 Å².